The molecular formula is C42H28. The molecule has 0 aliphatic heterocycles. The molecule has 0 amide bonds. The van der Waals surface area contributed by atoms with Crippen LogP contribution in [0.25, 0.3) is 0 Å². The van der Waals surface area contributed by atoms with E-state index >= 15 is 0 Å². The topological polar surface area (TPSA) is 0 Å². The number of fused-ring (bicyclic) bond motifs is 13. The molecule has 19 spiro atoms. The van der Waals surface area contributed by atoms with Crippen molar-refractivity contribution in [2.45, 2.75) is 32.6 Å². The molecule has 0 aromatic heterocycles. The van der Waals surface area contributed by atoms with Crippen molar-refractivity contribution in [2.75, 3.05) is 0 Å². The Hall–Kier alpha value is 0. The molecule has 0 aromatic rings. The largest absolute Gasteiger partial charge is 0.0579 e. The lowest BCUT2D eigenvalue weighted by atomic mass is 8.39. The van der Waals surface area contributed by atoms with Crippen molar-refractivity contribution in [2.24, 2.45) is 209 Å². The Morgan fingerprint density at radius 1 is 0.286 bits per heavy atom. The van der Waals surface area contributed by atoms with Crippen molar-refractivity contribution >= 4 is 0 Å². The van der Waals surface area contributed by atoms with Gasteiger partial charge in [-0.1, -0.05) is 6.92 Å². The second-order valence-corrected chi connectivity index (χ2v) is 26.9. The fraction of sp³-hybridized carbons (Fsp3) is 1.00. The Balaban J connectivity index is 0.983. The van der Waals surface area contributed by atoms with Crippen LogP contribution >= 0.6 is 0 Å². The van der Waals surface area contributed by atoms with E-state index in [9.17, 15) is 0 Å². The summed E-state index contributed by atoms with van der Waals surface area (Å²) in [6, 6.07) is 0. The summed E-state index contributed by atoms with van der Waals surface area (Å²) in [6.07, 6.45) is 7.32. The van der Waals surface area contributed by atoms with Gasteiger partial charge < -0.3 is 0 Å². The number of rotatable bonds is 0. The smallest absolute Gasteiger partial charge is 0.000396 e. The molecule has 29 saturated carbocycles. The van der Waals surface area contributed by atoms with E-state index in [1.807, 2.05) is 25.7 Å². The van der Waals surface area contributed by atoms with E-state index in [1.165, 1.54) is 101 Å². The standard InChI is InChI=1S/C42H28/c1-23-24-6-2-7(24)15-17-10-4-12-20-22-21-13-5-11-19-18-9-3-8-16-14(6)28(23)30(16)25(8,9)32(18)33(19)27(11,13)35(21)36(22)34(20)26(10,12)31(17)29(15,24)37(23)38(31,34)42(36)40(33,35)39(30,32)41(28,37)42/h6-22H,2-5H2,1H3. The lowest BCUT2D eigenvalue weighted by Crippen LogP contribution is -3.62. The molecule has 0 heterocycles. The first-order chi connectivity index (χ1) is 20.8. The zero-order valence-corrected chi connectivity index (χ0v) is 23.6. The van der Waals surface area contributed by atoms with Gasteiger partial charge in [0.2, 0.25) is 0 Å². The van der Waals surface area contributed by atoms with Gasteiger partial charge in [0.15, 0.2) is 0 Å². The zero-order valence-electron chi connectivity index (χ0n) is 23.6. The van der Waals surface area contributed by atoms with Crippen LogP contribution in [0.1, 0.15) is 32.6 Å². The van der Waals surface area contributed by atoms with Crippen LogP contribution in [0.3, 0.4) is 0 Å². The molecule has 29 rings (SSSR count). The molecule has 0 aromatic carbocycles. The second kappa shape index (κ2) is 2.14. The van der Waals surface area contributed by atoms with Crippen molar-refractivity contribution in [3.05, 3.63) is 0 Å². The summed E-state index contributed by atoms with van der Waals surface area (Å²) in [4.78, 5) is 0. The van der Waals surface area contributed by atoms with Crippen LogP contribution < -0.4 is 0 Å². The Bertz CT molecular complexity index is 2610. The molecule has 0 saturated heterocycles. The maximum Gasteiger partial charge on any atom is -0.000396 e. The van der Waals surface area contributed by atoms with Gasteiger partial charge in [0, 0.05) is 0 Å². The maximum absolute atomic E-state index is 3.29. The number of hydrogen-bond acceptors (Lipinski definition) is 0. The van der Waals surface area contributed by atoms with Crippen molar-refractivity contribution in [1.82, 2.24) is 0 Å². The summed E-state index contributed by atoms with van der Waals surface area (Å²) in [6.45, 7) is 3.29. The molecule has 196 valence electrons. The van der Waals surface area contributed by atoms with Gasteiger partial charge in [0.25, 0.3) is 0 Å². The van der Waals surface area contributed by atoms with E-state index in [4.69, 9.17) is 0 Å². The molecule has 0 heteroatoms. The Kier molecular flexibility index (Phi) is 0.735. The molecule has 29 aliphatic carbocycles. The Labute approximate surface area is 241 Å². The van der Waals surface area contributed by atoms with Crippen LogP contribution in [0, 0.1) is 209 Å². The van der Waals surface area contributed by atoms with Crippen LogP contribution in [0.5, 0.6) is 0 Å². The fourth-order valence-corrected chi connectivity index (χ4v) is 45.4. The highest BCUT2D eigenvalue weighted by Gasteiger charge is 3.66. The first-order valence-corrected chi connectivity index (χ1v) is 20.8. The predicted molar refractivity (Wildman–Crippen MR) is 132 cm³/mol. The average Bonchev–Trinajstić information content (AvgIpc) is 2.97. The van der Waals surface area contributed by atoms with Crippen molar-refractivity contribution in [1.29, 1.82) is 0 Å². The van der Waals surface area contributed by atoms with Crippen LogP contribution in [0.2, 0.25) is 0 Å². The van der Waals surface area contributed by atoms with E-state index in [0.717, 1.165) is 108 Å². The fourth-order valence-electron chi connectivity index (χ4n) is 45.4. The molecule has 0 bridgehead atoms. The van der Waals surface area contributed by atoms with E-state index < -0.39 is 0 Å². The van der Waals surface area contributed by atoms with Gasteiger partial charge in [-0.2, -0.15) is 0 Å². The molecule has 42 heavy (non-hydrogen) atoms. The zero-order chi connectivity index (χ0) is 23.6. The van der Waals surface area contributed by atoms with Gasteiger partial charge in [-0.05, 0) is 235 Å². The van der Waals surface area contributed by atoms with Crippen LogP contribution in [0.15, 0.2) is 0 Å². The van der Waals surface area contributed by atoms with Crippen LogP contribution in [0.4, 0.5) is 0 Å². The molecule has 29 aliphatic rings. The summed E-state index contributed by atoms with van der Waals surface area (Å²) < 4.78 is 0. The Morgan fingerprint density at radius 2 is 0.595 bits per heavy atom. The minimum Gasteiger partial charge on any atom is -0.0579 e. The van der Waals surface area contributed by atoms with E-state index in [2.05, 4.69) is 6.92 Å². The minimum atomic E-state index is 0.965. The minimum absolute atomic E-state index is 0.965. The van der Waals surface area contributed by atoms with Crippen molar-refractivity contribution in [3.8, 4) is 0 Å². The van der Waals surface area contributed by atoms with Gasteiger partial charge in [-0.25, -0.2) is 0 Å². The first-order valence-electron chi connectivity index (χ1n) is 20.8. The molecular weight excluding hydrogens is 504 g/mol. The quantitative estimate of drug-likeness (QED) is 0.440. The van der Waals surface area contributed by atoms with Gasteiger partial charge in [-0.15, -0.1) is 0 Å². The summed E-state index contributed by atoms with van der Waals surface area (Å²) in [5, 5.41) is 0. The molecule has 37 unspecified atom stereocenters. The first kappa shape index (κ1) is 14.4. The predicted octanol–water partition coefficient (Wildman–Crippen LogP) is 4.16. The third-order valence-corrected chi connectivity index (χ3v) is 35.9. The van der Waals surface area contributed by atoms with Crippen molar-refractivity contribution < 1.29 is 0 Å². The highest BCUT2D eigenvalue weighted by atomic mass is 15.7. The highest BCUT2D eigenvalue weighted by Crippen LogP contribution is 3.67. The highest BCUT2D eigenvalue weighted by molar-refractivity contribution is 6.10. The third kappa shape index (κ3) is 0.302. The monoisotopic (exact) mass is 532 g/mol. The molecule has 0 N–H and O–H groups in total. The van der Waals surface area contributed by atoms with Crippen molar-refractivity contribution in [3.63, 3.8) is 0 Å². The average molecular weight is 533 g/mol. The van der Waals surface area contributed by atoms with Gasteiger partial charge >= 0.3 is 0 Å². The lowest BCUT2D eigenvalue weighted by molar-refractivity contribution is -1.19. The molecule has 37 atom stereocenters. The maximum atomic E-state index is 3.29. The summed E-state index contributed by atoms with van der Waals surface area (Å²) >= 11 is 0. The van der Waals surface area contributed by atoms with E-state index in [1.54, 1.807) is 0 Å². The summed E-state index contributed by atoms with van der Waals surface area (Å²) in [5.41, 5.74) is 21.8. The van der Waals surface area contributed by atoms with Gasteiger partial charge in [0.05, 0.1) is 0 Å². The SMILES string of the molecule is CC12C34C5CC3C3C6C7CC8C9C%10C%11CC%12C%13C%14C%15C%16CC%17C%18C5C45C%184C%17%16C%15%16C%14%15C%13%14C%11%12C%10%11C9%10C87C67C31C13C25C4%16C%151C%11%14C%1073. The van der Waals surface area contributed by atoms with E-state index in [0.29, 0.717) is 0 Å². The normalized spacial score (nSPS) is 138. The van der Waals surface area contributed by atoms with Crippen LogP contribution in [-0.2, 0) is 0 Å². The molecule has 0 nitrogen and oxygen atoms in total. The van der Waals surface area contributed by atoms with Gasteiger partial charge in [-0.3, -0.25) is 0 Å². The number of hydrogen-bond donors (Lipinski definition) is 0. The van der Waals surface area contributed by atoms with Crippen LogP contribution in [-0.4, -0.2) is 0 Å². The Morgan fingerprint density at radius 3 is 1.10 bits per heavy atom. The summed E-state index contributed by atoms with van der Waals surface area (Å²) in [7, 11) is 0. The molecule has 0 radical (unpaired) electrons. The third-order valence-electron chi connectivity index (χ3n) is 35.9. The van der Waals surface area contributed by atoms with Gasteiger partial charge in [0.1, 0.15) is 0 Å². The lowest BCUT2D eigenvalue weighted by Gasteiger charge is -3.63. The summed E-state index contributed by atoms with van der Waals surface area (Å²) in [5.74, 6) is 23.2. The second-order valence-electron chi connectivity index (χ2n) is 26.9. The molecule has 29 fully saturated rings. The van der Waals surface area contributed by atoms with E-state index in [-0.39, 0.29) is 0 Å².